The van der Waals surface area contributed by atoms with Crippen LogP contribution < -0.4 is 10.3 Å². The number of amides is 1. The fourth-order valence-electron chi connectivity index (χ4n) is 2.26. The Morgan fingerprint density at radius 2 is 2.20 bits per heavy atom. The first-order chi connectivity index (χ1) is 12.1. The fraction of sp³-hybridized carbons (Fsp3) is 0.312. The third-order valence-electron chi connectivity index (χ3n) is 3.52. The summed E-state index contributed by atoms with van der Waals surface area (Å²) in [5.74, 6) is -0.236. The van der Waals surface area contributed by atoms with Gasteiger partial charge in [-0.2, -0.15) is 5.10 Å². The number of aromatic nitrogens is 1. The Hall–Kier alpha value is -1.67. The maximum atomic E-state index is 12.0. The van der Waals surface area contributed by atoms with E-state index in [2.05, 4.69) is 20.4 Å². The topological polar surface area (TPSA) is 66.8 Å². The van der Waals surface area contributed by atoms with Crippen LogP contribution in [0.4, 0.5) is 5.13 Å². The van der Waals surface area contributed by atoms with E-state index in [0.29, 0.717) is 28.8 Å². The second kappa shape index (κ2) is 8.62. The Balaban J connectivity index is 1.52. The highest BCUT2D eigenvalue weighted by atomic mass is 35.5. The summed E-state index contributed by atoms with van der Waals surface area (Å²) in [5.41, 5.74) is 3.88. The number of nitrogens with zero attached hydrogens (tertiary/aromatic N) is 3. The van der Waals surface area contributed by atoms with Gasteiger partial charge in [0.1, 0.15) is 0 Å². The van der Waals surface area contributed by atoms with E-state index in [9.17, 15) is 4.79 Å². The first-order valence-corrected chi connectivity index (χ1v) is 9.29. The molecule has 1 amide bonds. The number of hydrogen-bond donors (Lipinski definition) is 1. The van der Waals surface area contributed by atoms with Crippen LogP contribution >= 0.6 is 34.5 Å². The van der Waals surface area contributed by atoms with Gasteiger partial charge in [0.05, 0.1) is 36.6 Å². The maximum absolute atomic E-state index is 12.0. The number of nitrogens with one attached hydrogen (secondary N) is 1. The van der Waals surface area contributed by atoms with E-state index in [1.165, 1.54) is 17.6 Å². The van der Waals surface area contributed by atoms with E-state index in [1.54, 1.807) is 18.2 Å². The van der Waals surface area contributed by atoms with Crippen molar-refractivity contribution in [1.29, 1.82) is 0 Å². The zero-order valence-corrected chi connectivity index (χ0v) is 15.6. The molecule has 1 fully saturated rings. The van der Waals surface area contributed by atoms with Crippen LogP contribution in [0.1, 0.15) is 11.3 Å². The molecule has 1 N–H and O–H groups in total. The van der Waals surface area contributed by atoms with Gasteiger partial charge >= 0.3 is 0 Å². The standard InChI is InChI=1S/C16H16Cl2N4O2S/c17-12-2-1-11(14(18)7-12)9-19-21-15(23)8-13-10-25-16(20-13)22-3-5-24-6-4-22/h1-2,7,9-10H,3-6,8H2,(H,21,23). The molecule has 1 saturated heterocycles. The van der Waals surface area contributed by atoms with Gasteiger partial charge in [-0.25, -0.2) is 10.4 Å². The van der Waals surface area contributed by atoms with Crippen molar-refractivity contribution in [2.45, 2.75) is 6.42 Å². The largest absolute Gasteiger partial charge is 0.378 e. The molecule has 0 atom stereocenters. The van der Waals surface area contributed by atoms with Crippen molar-refractivity contribution in [3.63, 3.8) is 0 Å². The maximum Gasteiger partial charge on any atom is 0.246 e. The zero-order valence-electron chi connectivity index (χ0n) is 13.2. The molecule has 1 aliphatic rings. The summed E-state index contributed by atoms with van der Waals surface area (Å²) >= 11 is 13.4. The predicted octanol–water partition coefficient (Wildman–Crippen LogP) is 2.98. The molecule has 6 nitrogen and oxygen atoms in total. The van der Waals surface area contributed by atoms with Crippen LogP contribution in [0, 0.1) is 0 Å². The van der Waals surface area contributed by atoms with Crippen LogP contribution in [0.3, 0.4) is 0 Å². The summed E-state index contributed by atoms with van der Waals surface area (Å²) in [6, 6.07) is 5.06. The number of carbonyl (C=O) groups excluding carboxylic acids is 1. The molecule has 9 heteroatoms. The SMILES string of the molecule is O=C(Cc1csc(N2CCOCC2)n1)NN=Cc1ccc(Cl)cc1Cl. The average molecular weight is 399 g/mol. The molecule has 0 spiro atoms. The Labute approximate surface area is 159 Å². The van der Waals surface area contributed by atoms with Crippen molar-refractivity contribution in [3.8, 4) is 0 Å². The van der Waals surface area contributed by atoms with E-state index >= 15 is 0 Å². The van der Waals surface area contributed by atoms with Crippen molar-refractivity contribution < 1.29 is 9.53 Å². The van der Waals surface area contributed by atoms with Crippen LogP contribution in [-0.4, -0.2) is 43.4 Å². The van der Waals surface area contributed by atoms with Gasteiger partial charge in [-0.15, -0.1) is 11.3 Å². The lowest BCUT2D eigenvalue weighted by Gasteiger charge is -2.26. The molecular weight excluding hydrogens is 383 g/mol. The number of morpholine rings is 1. The van der Waals surface area contributed by atoms with E-state index in [1.807, 2.05) is 5.38 Å². The number of carbonyl (C=O) groups is 1. The molecule has 1 aromatic carbocycles. The van der Waals surface area contributed by atoms with Crippen molar-refractivity contribution in [2.75, 3.05) is 31.2 Å². The van der Waals surface area contributed by atoms with Crippen molar-refractivity contribution in [3.05, 3.63) is 44.9 Å². The van der Waals surface area contributed by atoms with E-state index < -0.39 is 0 Å². The van der Waals surface area contributed by atoms with E-state index in [0.717, 1.165) is 23.9 Å². The monoisotopic (exact) mass is 398 g/mol. The van der Waals surface area contributed by atoms with Gasteiger partial charge < -0.3 is 9.64 Å². The smallest absolute Gasteiger partial charge is 0.246 e. The van der Waals surface area contributed by atoms with Crippen molar-refractivity contribution in [1.82, 2.24) is 10.4 Å². The third-order valence-corrected chi connectivity index (χ3v) is 5.03. The molecule has 0 aliphatic carbocycles. The van der Waals surface area contributed by atoms with Crippen LogP contribution in [0.15, 0.2) is 28.7 Å². The van der Waals surface area contributed by atoms with Gasteiger partial charge in [0.25, 0.3) is 0 Å². The number of benzene rings is 1. The number of anilines is 1. The minimum atomic E-state index is -0.236. The number of hydrogen-bond acceptors (Lipinski definition) is 6. The van der Waals surface area contributed by atoms with E-state index in [4.69, 9.17) is 27.9 Å². The normalized spacial score (nSPS) is 14.9. The lowest BCUT2D eigenvalue weighted by Crippen LogP contribution is -2.36. The second-order valence-electron chi connectivity index (χ2n) is 5.36. The number of ether oxygens (including phenoxy) is 1. The van der Waals surface area contributed by atoms with Crippen molar-refractivity contribution in [2.24, 2.45) is 5.10 Å². The minimum Gasteiger partial charge on any atom is -0.378 e. The molecule has 132 valence electrons. The molecule has 2 aromatic rings. The third kappa shape index (κ3) is 5.15. The van der Waals surface area contributed by atoms with Crippen LogP contribution in [0.25, 0.3) is 0 Å². The first-order valence-electron chi connectivity index (χ1n) is 7.66. The first kappa shape index (κ1) is 18.1. The Kier molecular flexibility index (Phi) is 6.25. The summed E-state index contributed by atoms with van der Waals surface area (Å²) in [5, 5.41) is 7.75. The van der Waals surface area contributed by atoms with Crippen molar-refractivity contribution >= 4 is 51.8 Å². The lowest BCUT2D eigenvalue weighted by atomic mass is 10.2. The summed E-state index contributed by atoms with van der Waals surface area (Å²) in [6.07, 6.45) is 1.66. The van der Waals surface area contributed by atoms with Crippen LogP contribution in [0.5, 0.6) is 0 Å². The van der Waals surface area contributed by atoms with Gasteiger partial charge in [-0.3, -0.25) is 4.79 Å². The molecular formula is C16H16Cl2N4O2S. The summed E-state index contributed by atoms with van der Waals surface area (Å²) in [6.45, 7) is 3.06. The quantitative estimate of drug-likeness (QED) is 0.620. The molecule has 0 bridgehead atoms. The average Bonchev–Trinajstić information content (AvgIpc) is 3.06. The molecule has 1 aliphatic heterocycles. The fourth-order valence-corrected chi connectivity index (χ4v) is 3.60. The highest BCUT2D eigenvalue weighted by Crippen LogP contribution is 2.22. The van der Waals surface area contributed by atoms with Gasteiger partial charge in [-0.05, 0) is 12.1 Å². The molecule has 25 heavy (non-hydrogen) atoms. The summed E-state index contributed by atoms with van der Waals surface area (Å²) < 4.78 is 5.33. The summed E-state index contributed by atoms with van der Waals surface area (Å²) in [7, 11) is 0. The van der Waals surface area contributed by atoms with Crippen LogP contribution in [0.2, 0.25) is 10.0 Å². The predicted molar refractivity (Wildman–Crippen MR) is 101 cm³/mol. The second-order valence-corrected chi connectivity index (χ2v) is 7.04. The number of hydrazone groups is 1. The van der Waals surface area contributed by atoms with E-state index in [-0.39, 0.29) is 12.3 Å². The van der Waals surface area contributed by atoms with Gasteiger partial charge in [0.2, 0.25) is 5.91 Å². The van der Waals surface area contributed by atoms with Gasteiger partial charge in [-0.1, -0.05) is 29.3 Å². The molecule has 1 aromatic heterocycles. The van der Waals surface area contributed by atoms with Crippen LogP contribution in [-0.2, 0) is 16.0 Å². The zero-order chi connectivity index (χ0) is 17.6. The molecule has 3 rings (SSSR count). The Morgan fingerprint density at radius 3 is 2.96 bits per heavy atom. The highest BCUT2D eigenvalue weighted by Gasteiger charge is 2.15. The molecule has 0 unspecified atom stereocenters. The highest BCUT2D eigenvalue weighted by molar-refractivity contribution is 7.13. The van der Waals surface area contributed by atoms with Gasteiger partial charge in [0.15, 0.2) is 5.13 Å². The number of thiazole rings is 1. The molecule has 0 saturated carbocycles. The summed E-state index contributed by atoms with van der Waals surface area (Å²) in [4.78, 5) is 18.6. The number of rotatable bonds is 5. The molecule has 0 radical (unpaired) electrons. The molecule has 2 heterocycles. The van der Waals surface area contributed by atoms with Gasteiger partial charge in [0, 0.05) is 29.1 Å². The Morgan fingerprint density at radius 1 is 1.40 bits per heavy atom. The Bertz CT molecular complexity index is 775. The lowest BCUT2D eigenvalue weighted by molar-refractivity contribution is -0.120. The minimum absolute atomic E-state index is 0.173. The number of halogens is 2.